The number of nitrogens with zero attached hydrogens (tertiary/aromatic N) is 5. The number of thiazole rings is 1. The first-order valence-electron chi connectivity index (χ1n) is 10.1. The van der Waals surface area contributed by atoms with Crippen molar-refractivity contribution in [3.63, 3.8) is 0 Å². The van der Waals surface area contributed by atoms with E-state index in [-0.39, 0.29) is 24.2 Å². The first-order valence-corrected chi connectivity index (χ1v) is 11.9. The Bertz CT molecular complexity index is 1110. The lowest BCUT2D eigenvalue weighted by Crippen LogP contribution is -2.21. The molecule has 0 atom stereocenters. The second kappa shape index (κ2) is 11.1. The molecule has 0 spiro atoms. The predicted octanol–water partition coefficient (Wildman–Crippen LogP) is 3.08. The van der Waals surface area contributed by atoms with E-state index in [0.29, 0.717) is 39.0 Å². The summed E-state index contributed by atoms with van der Waals surface area (Å²) in [5.41, 5.74) is 0.592. The third-order valence-electron chi connectivity index (χ3n) is 4.51. The van der Waals surface area contributed by atoms with Crippen LogP contribution in [-0.4, -0.2) is 63.4 Å². The first kappa shape index (κ1) is 24.5. The summed E-state index contributed by atoms with van der Waals surface area (Å²) >= 11 is 2.44. The summed E-state index contributed by atoms with van der Waals surface area (Å²) in [6.07, 6.45) is 0. The van der Waals surface area contributed by atoms with Crippen molar-refractivity contribution in [1.29, 1.82) is 0 Å². The molecule has 0 aliphatic carbocycles. The Labute approximate surface area is 200 Å². The summed E-state index contributed by atoms with van der Waals surface area (Å²) < 4.78 is 12.8. The van der Waals surface area contributed by atoms with Crippen molar-refractivity contribution in [1.82, 2.24) is 24.6 Å². The molecule has 0 aliphatic rings. The van der Waals surface area contributed by atoms with Crippen LogP contribution in [0.1, 0.15) is 28.1 Å². The maximum Gasteiger partial charge on any atom is 0.265 e. The number of rotatable bonds is 10. The fourth-order valence-electron chi connectivity index (χ4n) is 2.81. The lowest BCUT2D eigenvalue weighted by Gasteiger charge is -2.09. The smallest absolute Gasteiger partial charge is 0.265 e. The van der Waals surface area contributed by atoms with Crippen molar-refractivity contribution in [2.75, 3.05) is 32.3 Å². The van der Waals surface area contributed by atoms with Crippen LogP contribution in [0.4, 0.5) is 5.13 Å². The van der Waals surface area contributed by atoms with Crippen molar-refractivity contribution < 1.29 is 19.1 Å². The van der Waals surface area contributed by atoms with Crippen LogP contribution in [0, 0.1) is 6.92 Å². The second-order valence-electron chi connectivity index (χ2n) is 7.08. The van der Waals surface area contributed by atoms with Gasteiger partial charge in [0.05, 0.1) is 18.6 Å². The van der Waals surface area contributed by atoms with Crippen LogP contribution in [0.25, 0.3) is 0 Å². The summed E-state index contributed by atoms with van der Waals surface area (Å²) in [6.45, 7) is 4.61. The zero-order valence-electron chi connectivity index (χ0n) is 19.1. The van der Waals surface area contributed by atoms with Gasteiger partial charge in [-0.1, -0.05) is 23.1 Å². The number of hydrogen-bond donors (Lipinski definition) is 1. The third kappa shape index (κ3) is 6.23. The Morgan fingerprint density at radius 3 is 2.52 bits per heavy atom. The Balaban J connectivity index is 1.56. The lowest BCUT2D eigenvalue weighted by atomic mass is 10.3. The van der Waals surface area contributed by atoms with Gasteiger partial charge in [-0.2, -0.15) is 0 Å². The summed E-state index contributed by atoms with van der Waals surface area (Å²) in [5, 5.41) is 12.2. The van der Waals surface area contributed by atoms with E-state index in [4.69, 9.17) is 9.47 Å². The van der Waals surface area contributed by atoms with E-state index in [1.807, 2.05) is 35.8 Å². The molecule has 2 aromatic heterocycles. The molecule has 2 amide bonds. The van der Waals surface area contributed by atoms with Crippen molar-refractivity contribution in [2.45, 2.75) is 32.2 Å². The van der Waals surface area contributed by atoms with E-state index in [1.165, 1.54) is 16.7 Å². The fraction of sp³-hybridized carbons (Fsp3) is 0.381. The van der Waals surface area contributed by atoms with Gasteiger partial charge in [-0.25, -0.2) is 4.98 Å². The highest BCUT2D eigenvalue weighted by Crippen LogP contribution is 2.25. The molecule has 0 aliphatic heterocycles. The van der Waals surface area contributed by atoms with Gasteiger partial charge >= 0.3 is 0 Å². The molecule has 176 valence electrons. The second-order valence-corrected chi connectivity index (χ2v) is 9.02. The minimum atomic E-state index is -0.237. The zero-order chi connectivity index (χ0) is 24.0. The Morgan fingerprint density at radius 1 is 1.18 bits per heavy atom. The van der Waals surface area contributed by atoms with Crippen LogP contribution in [0.15, 0.2) is 29.4 Å². The normalized spacial score (nSPS) is 10.7. The van der Waals surface area contributed by atoms with Gasteiger partial charge in [0.15, 0.2) is 16.1 Å². The quantitative estimate of drug-likeness (QED) is 0.432. The van der Waals surface area contributed by atoms with Gasteiger partial charge in [0.25, 0.3) is 5.91 Å². The summed E-state index contributed by atoms with van der Waals surface area (Å²) in [6, 6.07) is 7.29. The summed E-state index contributed by atoms with van der Waals surface area (Å²) in [5.74, 6) is 1.87. The molecule has 12 heteroatoms. The number of aryl methyl sites for hydroxylation is 1. The zero-order valence-corrected chi connectivity index (χ0v) is 20.7. The highest BCUT2D eigenvalue weighted by atomic mass is 32.2. The van der Waals surface area contributed by atoms with Crippen molar-refractivity contribution in [3.8, 4) is 11.5 Å². The molecule has 33 heavy (non-hydrogen) atoms. The maximum absolute atomic E-state index is 12.4. The number of anilines is 1. The Kier molecular flexibility index (Phi) is 8.28. The highest BCUT2D eigenvalue weighted by Gasteiger charge is 2.19. The number of carbonyl (C=O) groups excluding carboxylic acids is 2. The molecular weight excluding hydrogens is 464 g/mol. The van der Waals surface area contributed by atoms with Crippen molar-refractivity contribution in [3.05, 3.63) is 40.7 Å². The average molecular weight is 491 g/mol. The number of thioether (sulfide) groups is 1. The monoisotopic (exact) mass is 490 g/mol. The Hall–Kier alpha value is -3.12. The Morgan fingerprint density at radius 2 is 1.88 bits per heavy atom. The number of ether oxygens (including phenoxy) is 2. The fourth-order valence-corrected chi connectivity index (χ4v) is 4.63. The summed E-state index contributed by atoms with van der Waals surface area (Å²) in [4.78, 5) is 30.9. The molecule has 2 heterocycles. The van der Waals surface area contributed by atoms with Gasteiger partial charge in [-0.05, 0) is 38.1 Å². The topological polar surface area (TPSA) is 111 Å². The highest BCUT2D eigenvalue weighted by molar-refractivity contribution is 7.99. The molecule has 0 bridgehead atoms. The van der Waals surface area contributed by atoms with Crippen molar-refractivity contribution in [2.24, 2.45) is 0 Å². The molecule has 1 aromatic carbocycles. The molecule has 3 aromatic rings. The molecule has 0 saturated heterocycles. The van der Waals surface area contributed by atoms with E-state index in [0.717, 1.165) is 17.1 Å². The number of aromatic nitrogens is 4. The molecule has 3 rings (SSSR count). The van der Waals surface area contributed by atoms with E-state index in [9.17, 15) is 9.59 Å². The van der Waals surface area contributed by atoms with Gasteiger partial charge in [-0.15, -0.1) is 10.2 Å². The van der Waals surface area contributed by atoms with E-state index in [1.54, 1.807) is 28.1 Å². The number of benzene rings is 1. The van der Waals surface area contributed by atoms with Gasteiger partial charge in [0, 0.05) is 20.6 Å². The SMILES string of the molecule is CCn1c(COc2ccc(OC)cc2)nnc1SCC(=O)Nc1nc(C)c(C(=O)N(C)C)s1. The largest absolute Gasteiger partial charge is 0.497 e. The molecule has 0 unspecified atom stereocenters. The van der Waals surface area contributed by atoms with Crippen LogP contribution >= 0.6 is 23.1 Å². The van der Waals surface area contributed by atoms with Crippen molar-refractivity contribution >= 4 is 40.0 Å². The average Bonchev–Trinajstić information content (AvgIpc) is 3.37. The van der Waals surface area contributed by atoms with E-state index in [2.05, 4.69) is 20.5 Å². The van der Waals surface area contributed by atoms with E-state index < -0.39 is 0 Å². The van der Waals surface area contributed by atoms with Gasteiger partial charge in [0.2, 0.25) is 5.91 Å². The minimum absolute atomic E-state index is 0.132. The number of hydrogen-bond acceptors (Lipinski definition) is 9. The first-order chi connectivity index (χ1) is 15.8. The molecule has 0 radical (unpaired) electrons. The standard InChI is InChI=1S/C21H26N6O4S2/c1-6-27-16(11-31-15-9-7-14(30-5)8-10-15)24-25-21(27)32-12-17(28)23-20-22-13(2)18(33-20)19(29)26(3)4/h7-10H,6,11-12H2,1-5H3,(H,22,23,28). The van der Waals surface area contributed by atoms with Crippen LogP contribution in [-0.2, 0) is 17.9 Å². The number of carbonyl (C=O) groups is 2. The molecule has 0 fully saturated rings. The third-order valence-corrected chi connectivity index (χ3v) is 6.54. The number of amides is 2. The molecule has 10 nitrogen and oxygen atoms in total. The molecular formula is C21H26N6O4S2. The maximum atomic E-state index is 12.4. The van der Waals surface area contributed by atoms with Gasteiger partial charge in [-0.3, -0.25) is 9.59 Å². The molecule has 1 N–H and O–H groups in total. The van der Waals surface area contributed by atoms with Gasteiger partial charge < -0.3 is 24.3 Å². The van der Waals surface area contributed by atoms with Gasteiger partial charge in [0.1, 0.15) is 23.0 Å². The minimum Gasteiger partial charge on any atom is -0.497 e. The summed E-state index contributed by atoms with van der Waals surface area (Å²) in [7, 11) is 4.97. The predicted molar refractivity (Wildman–Crippen MR) is 127 cm³/mol. The van der Waals surface area contributed by atoms with Crippen LogP contribution in [0.5, 0.6) is 11.5 Å². The van der Waals surface area contributed by atoms with Crippen LogP contribution in [0.3, 0.4) is 0 Å². The van der Waals surface area contributed by atoms with E-state index >= 15 is 0 Å². The number of nitrogens with one attached hydrogen (secondary N) is 1. The lowest BCUT2D eigenvalue weighted by molar-refractivity contribution is -0.113. The number of methoxy groups -OCH3 is 1. The molecule has 0 saturated carbocycles. The van der Waals surface area contributed by atoms with Crippen LogP contribution < -0.4 is 14.8 Å². The van der Waals surface area contributed by atoms with Crippen LogP contribution in [0.2, 0.25) is 0 Å².